The minimum atomic E-state index is -5.02. The van der Waals surface area contributed by atoms with Crippen LogP contribution < -0.4 is 9.64 Å². The Hall–Kier alpha value is -3.41. The maximum Gasteiger partial charge on any atom is 0.416 e. The average molecular weight is 523 g/mol. The largest absolute Gasteiger partial charge is 0.489 e. The van der Waals surface area contributed by atoms with E-state index in [0.29, 0.717) is 12.1 Å². The Morgan fingerprint density at radius 1 is 0.833 bits per heavy atom. The van der Waals surface area contributed by atoms with Gasteiger partial charge in [-0.05, 0) is 42.0 Å². The summed E-state index contributed by atoms with van der Waals surface area (Å²) in [6.07, 6.45) is -12.7. The molecule has 12 heteroatoms. The Kier molecular flexibility index (Phi) is 8.07. The van der Waals surface area contributed by atoms with Crippen molar-refractivity contribution < 1.29 is 49.4 Å². The monoisotopic (exact) mass is 523 g/mol. The molecule has 0 bridgehead atoms. The molecule has 3 rings (SSSR count). The second-order valence-corrected chi connectivity index (χ2v) is 7.81. The van der Waals surface area contributed by atoms with E-state index in [0.717, 1.165) is 23.1 Å². The number of aliphatic hydroxyl groups is 1. The van der Waals surface area contributed by atoms with E-state index in [2.05, 4.69) is 0 Å². The van der Waals surface area contributed by atoms with Crippen molar-refractivity contribution in [2.24, 2.45) is 0 Å². The third kappa shape index (κ3) is 7.30. The molecular weight excluding hydrogens is 505 g/mol. The molecule has 0 aliphatic rings. The fourth-order valence-corrected chi connectivity index (χ4v) is 3.26. The third-order valence-electron chi connectivity index (χ3n) is 5.02. The molecule has 0 saturated carbocycles. The fourth-order valence-electron chi connectivity index (χ4n) is 3.26. The van der Waals surface area contributed by atoms with Crippen LogP contribution in [0.1, 0.15) is 16.7 Å². The lowest BCUT2D eigenvalue weighted by Gasteiger charge is -2.29. The molecule has 0 amide bonds. The van der Waals surface area contributed by atoms with Crippen LogP contribution in [0.5, 0.6) is 5.75 Å². The van der Waals surface area contributed by atoms with E-state index in [-0.39, 0.29) is 35.2 Å². The lowest BCUT2D eigenvalue weighted by molar-refractivity contribution is -0.200. The van der Waals surface area contributed by atoms with Gasteiger partial charge in [0.25, 0.3) is 0 Å². The second kappa shape index (κ2) is 10.7. The molecule has 36 heavy (non-hydrogen) atoms. The summed E-state index contributed by atoms with van der Waals surface area (Å²) in [6.45, 7) is -1.98. The van der Waals surface area contributed by atoms with E-state index in [4.69, 9.17) is 4.74 Å². The molecule has 1 N–H and O–H groups in total. The van der Waals surface area contributed by atoms with E-state index in [9.17, 15) is 44.6 Å². The van der Waals surface area contributed by atoms with Crippen LogP contribution in [0.4, 0.5) is 45.2 Å². The first-order valence-electron chi connectivity index (χ1n) is 10.3. The van der Waals surface area contributed by atoms with Gasteiger partial charge in [0.2, 0.25) is 0 Å². The fraction of sp³-hybridized carbons (Fsp3) is 0.250. The zero-order valence-electron chi connectivity index (χ0n) is 18.2. The van der Waals surface area contributed by atoms with E-state index in [1.807, 2.05) is 0 Å². The van der Waals surface area contributed by atoms with Crippen LogP contribution in [-0.2, 0) is 19.3 Å². The van der Waals surface area contributed by atoms with E-state index < -0.39 is 54.6 Å². The summed E-state index contributed by atoms with van der Waals surface area (Å²) >= 11 is 0. The molecule has 0 spiro atoms. The minimum absolute atomic E-state index is 0.0144. The molecule has 3 nitrogen and oxygen atoms in total. The maximum absolute atomic E-state index is 14.4. The Balaban J connectivity index is 1.87. The number of ether oxygens (including phenoxy) is 1. The highest BCUT2D eigenvalue weighted by Crippen LogP contribution is 2.32. The van der Waals surface area contributed by atoms with Crippen LogP contribution in [0.15, 0.2) is 60.7 Å². The summed E-state index contributed by atoms with van der Waals surface area (Å²) in [5.74, 6) is -2.91. The van der Waals surface area contributed by atoms with Crippen molar-refractivity contribution in [3.63, 3.8) is 0 Å². The highest BCUT2D eigenvalue weighted by Gasteiger charge is 2.39. The predicted octanol–water partition coefficient (Wildman–Crippen LogP) is 6.63. The van der Waals surface area contributed by atoms with Crippen LogP contribution >= 0.6 is 0 Å². The number of hydrogen-bond donors (Lipinski definition) is 1. The lowest BCUT2D eigenvalue weighted by Crippen LogP contribution is -2.41. The Morgan fingerprint density at radius 2 is 1.50 bits per heavy atom. The van der Waals surface area contributed by atoms with Crippen LogP contribution in [0.2, 0.25) is 0 Å². The molecule has 0 aromatic heterocycles. The first-order chi connectivity index (χ1) is 16.7. The summed E-state index contributed by atoms with van der Waals surface area (Å²) in [4.78, 5) is 0.915. The predicted molar refractivity (Wildman–Crippen MR) is 112 cm³/mol. The molecule has 1 unspecified atom stereocenters. The smallest absolute Gasteiger partial charge is 0.416 e. The molecule has 0 aliphatic carbocycles. The summed E-state index contributed by atoms with van der Waals surface area (Å²) in [7, 11) is 0. The van der Waals surface area contributed by atoms with Gasteiger partial charge in [-0.15, -0.1) is 0 Å². The van der Waals surface area contributed by atoms with Crippen LogP contribution in [0, 0.1) is 17.5 Å². The maximum atomic E-state index is 14.4. The Bertz CT molecular complexity index is 1170. The number of aliphatic hydroxyl groups excluding tert-OH is 1. The zero-order valence-corrected chi connectivity index (χ0v) is 18.2. The molecule has 0 aliphatic heterocycles. The first-order valence-corrected chi connectivity index (χ1v) is 10.3. The minimum Gasteiger partial charge on any atom is -0.489 e. The number of halogens is 9. The van der Waals surface area contributed by atoms with Crippen molar-refractivity contribution in [3.8, 4) is 5.75 Å². The van der Waals surface area contributed by atoms with Crippen LogP contribution in [0.3, 0.4) is 0 Å². The first kappa shape index (κ1) is 27.2. The summed E-state index contributed by atoms with van der Waals surface area (Å²) < 4.78 is 124. The molecular formula is C24H18F9NO2. The zero-order chi connectivity index (χ0) is 26.7. The molecule has 0 radical (unpaired) electrons. The van der Waals surface area contributed by atoms with Crippen molar-refractivity contribution in [2.75, 3.05) is 11.4 Å². The highest BCUT2D eigenvalue weighted by molar-refractivity contribution is 5.51. The lowest BCUT2D eigenvalue weighted by atomic mass is 10.1. The Morgan fingerprint density at radius 3 is 2.08 bits per heavy atom. The summed E-state index contributed by atoms with van der Waals surface area (Å²) in [5.41, 5.74) is -1.47. The second-order valence-electron chi connectivity index (χ2n) is 7.81. The third-order valence-corrected chi connectivity index (χ3v) is 5.02. The van der Waals surface area contributed by atoms with Crippen molar-refractivity contribution in [1.29, 1.82) is 0 Å². The molecule has 3 aromatic rings. The van der Waals surface area contributed by atoms with Gasteiger partial charge in [-0.2, -0.15) is 26.3 Å². The number of hydrogen-bond acceptors (Lipinski definition) is 3. The van der Waals surface area contributed by atoms with Gasteiger partial charge in [0.05, 0.1) is 12.1 Å². The molecule has 194 valence electrons. The van der Waals surface area contributed by atoms with E-state index in [1.54, 1.807) is 0 Å². The van der Waals surface area contributed by atoms with Gasteiger partial charge < -0.3 is 14.7 Å². The van der Waals surface area contributed by atoms with Gasteiger partial charge in [-0.25, -0.2) is 13.2 Å². The number of nitrogens with zero attached hydrogens (tertiary/aromatic N) is 1. The van der Waals surface area contributed by atoms with Gasteiger partial charge in [0, 0.05) is 29.9 Å². The molecule has 0 saturated heterocycles. The number of benzene rings is 3. The number of alkyl halides is 6. The van der Waals surface area contributed by atoms with Crippen molar-refractivity contribution in [3.05, 3.63) is 94.8 Å². The van der Waals surface area contributed by atoms with Crippen molar-refractivity contribution in [2.45, 2.75) is 31.6 Å². The number of rotatable bonds is 8. The summed E-state index contributed by atoms with van der Waals surface area (Å²) in [5, 5.41) is 9.58. The van der Waals surface area contributed by atoms with Gasteiger partial charge in [-0.3, -0.25) is 0 Å². The van der Waals surface area contributed by atoms with E-state index in [1.165, 1.54) is 24.3 Å². The topological polar surface area (TPSA) is 32.7 Å². The van der Waals surface area contributed by atoms with Gasteiger partial charge >= 0.3 is 12.4 Å². The Labute approximate surface area is 199 Å². The molecule has 0 heterocycles. The van der Waals surface area contributed by atoms with Crippen molar-refractivity contribution >= 4 is 5.69 Å². The highest BCUT2D eigenvalue weighted by atomic mass is 19.4. The SMILES string of the molecule is OC(CN(Cc1ccc(C(F)(F)F)cc1F)c1cccc(OCc2cc(F)cc(F)c2)c1)C(F)(F)F. The average Bonchev–Trinajstić information content (AvgIpc) is 2.76. The molecule has 0 fully saturated rings. The van der Waals surface area contributed by atoms with Gasteiger partial charge in [-0.1, -0.05) is 12.1 Å². The molecule has 3 aromatic carbocycles. The van der Waals surface area contributed by atoms with Crippen molar-refractivity contribution in [1.82, 2.24) is 0 Å². The number of anilines is 1. The van der Waals surface area contributed by atoms with E-state index >= 15 is 0 Å². The molecule has 1 atom stereocenters. The van der Waals surface area contributed by atoms with Crippen LogP contribution in [0.25, 0.3) is 0 Å². The van der Waals surface area contributed by atoms with Gasteiger partial charge in [0.1, 0.15) is 29.8 Å². The normalized spacial score (nSPS) is 12.9. The van der Waals surface area contributed by atoms with Gasteiger partial charge in [0.15, 0.2) is 6.10 Å². The quantitative estimate of drug-likeness (QED) is 0.337. The standard InChI is InChI=1S/C24H18F9NO2/c25-17-6-14(7-18(26)9-17)13-36-20-3-1-2-19(10-20)34(12-22(35)24(31,32)33)11-15-4-5-16(8-21(15)27)23(28,29)30/h1-10,22,35H,11-13H2. The van der Waals surface area contributed by atoms with Crippen LogP contribution in [-0.4, -0.2) is 23.9 Å². The summed E-state index contributed by atoms with van der Waals surface area (Å²) in [6, 6.07) is 9.64.